The highest BCUT2D eigenvalue weighted by atomic mass is 16.2. The summed E-state index contributed by atoms with van der Waals surface area (Å²) in [6, 6.07) is 3.44. The third-order valence-corrected chi connectivity index (χ3v) is 2.03. The fourth-order valence-electron chi connectivity index (χ4n) is 1.33. The molecule has 6 nitrogen and oxygen atoms in total. The molecule has 0 saturated heterocycles. The summed E-state index contributed by atoms with van der Waals surface area (Å²) in [5, 5.41) is 9.18. The van der Waals surface area contributed by atoms with Crippen LogP contribution in [-0.2, 0) is 6.54 Å². The smallest absolute Gasteiger partial charge is 0.315 e. The molecule has 15 heavy (non-hydrogen) atoms. The molecule has 0 radical (unpaired) electrons. The lowest BCUT2D eigenvalue weighted by Gasteiger charge is -2.10. The number of pyridine rings is 1. The number of carbonyl (C=O) groups excluding carboxylic acids is 1. The molecular weight excluding hydrogens is 194 g/mol. The van der Waals surface area contributed by atoms with E-state index in [0.717, 1.165) is 11.3 Å². The Bertz CT molecular complexity index is 452. The Hall–Kier alpha value is -2.24. The zero-order valence-corrected chi connectivity index (χ0v) is 7.84. The topological polar surface area (TPSA) is 92.7 Å². The maximum absolute atomic E-state index is 11.3. The van der Waals surface area contributed by atoms with E-state index < -0.39 is 5.91 Å². The van der Waals surface area contributed by atoms with E-state index in [1.54, 1.807) is 18.3 Å². The Kier molecular flexibility index (Phi) is 2.40. The molecule has 1 aromatic rings. The number of hydrogen-bond acceptors (Lipinski definition) is 4. The number of nitrogens with one attached hydrogen (secondary N) is 1. The molecule has 3 N–H and O–H groups in total. The first-order chi connectivity index (χ1) is 7.31. The third-order valence-electron chi connectivity index (χ3n) is 2.03. The molecule has 1 aromatic heterocycles. The molecule has 0 fully saturated rings. The standard InChI is InChI=1S/C9H9N5O/c10-14-13-9(15)8-2-1-6-5-11-4-3-7(6)12-8/h1-4,11H,5H2,(H2,10,13,15). The minimum atomic E-state index is -0.535. The Labute approximate surface area is 85.9 Å². The molecule has 76 valence electrons. The lowest BCUT2D eigenvalue weighted by molar-refractivity contribution is 0.0989. The highest BCUT2D eigenvalue weighted by Gasteiger charge is 2.10. The minimum absolute atomic E-state index is 0.245. The first-order valence-corrected chi connectivity index (χ1v) is 4.36. The minimum Gasteiger partial charge on any atom is -0.387 e. The van der Waals surface area contributed by atoms with E-state index in [4.69, 9.17) is 5.84 Å². The highest BCUT2D eigenvalue weighted by molar-refractivity contribution is 5.92. The van der Waals surface area contributed by atoms with E-state index >= 15 is 0 Å². The second kappa shape index (κ2) is 3.87. The predicted molar refractivity (Wildman–Crippen MR) is 53.5 cm³/mol. The summed E-state index contributed by atoms with van der Waals surface area (Å²) in [7, 11) is 0. The third kappa shape index (κ3) is 1.83. The van der Waals surface area contributed by atoms with Crippen molar-refractivity contribution >= 4 is 12.0 Å². The maximum atomic E-state index is 11.3. The van der Waals surface area contributed by atoms with Gasteiger partial charge in [-0.05, 0) is 23.9 Å². The molecule has 0 spiro atoms. The molecule has 0 aromatic carbocycles. The van der Waals surface area contributed by atoms with E-state index in [-0.39, 0.29) is 5.69 Å². The van der Waals surface area contributed by atoms with Gasteiger partial charge in [-0.2, -0.15) is 0 Å². The van der Waals surface area contributed by atoms with Crippen molar-refractivity contribution in [1.29, 1.82) is 0 Å². The van der Waals surface area contributed by atoms with E-state index in [1.165, 1.54) is 0 Å². The lowest BCUT2D eigenvalue weighted by atomic mass is 10.1. The molecule has 6 heteroatoms. The van der Waals surface area contributed by atoms with Crippen molar-refractivity contribution in [3.63, 3.8) is 0 Å². The van der Waals surface area contributed by atoms with E-state index in [1.807, 2.05) is 6.07 Å². The van der Waals surface area contributed by atoms with Crippen LogP contribution in [0.1, 0.15) is 21.7 Å². The van der Waals surface area contributed by atoms with Crippen LogP contribution >= 0.6 is 0 Å². The van der Waals surface area contributed by atoms with Gasteiger partial charge in [-0.15, -0.1) is 0 Å². The summed E-state index contributed by atoms with van der Waals surface area (Å²) in [5.74, 6) is 4.26. The van der Waals surface area contributed by atoms with Crippen molar-refractivity contribution in [1.82, 2.24) is 10.3 Å². The number of nitrogens with two attached hydrogens (primary N) is 1. The van der Waals surface area contributed by atoms with Crippen molar-refractivity contribution in [2.24, 2.45) is 16.2 Å². The molecule has 0 aliphatic carbocycles. The van der Waals surface area contributed by atoms with Crippen LogP contribution < -0.4 is 11.2 Å². The van der Waals surface area contributed by atoms with Gasteiger partial charge in [-0.3, -0.25) is 4.79 Å². The van der Waals surface area contributed by atoms with Gasteiger partial charge in [0.25, 0.3) is 0 Å². The van der Waals surface area contributed by atoms with Gasteiger partial charge in [0.1, 0.15) is 5.69 Å². The number of hydrogen-bond donors (Lipinski definition) is 2. The van der Waals surface area contributed by atoms with Crippen LogP contribution in [-0.4, -0.2) is 10.9 Å². The normalized spacial score (nSPS) is 13.6. The van der Waals surface area contributed by atoms with Gasteiger partial charge in [0.15, 0.2) is 0 Å². The van der Waals surface area contributed by atoms with E-state index in [2.05, 4.69) is 20.6 Å². The summed E-state index contributed by atoms with van der Waals surface area (Å²) >= 11 is 0. The van der Waals surface area contributed by atoms with Crippen LogP contribution in [0.15, 0.2) is 28.7 Å². The fraction of sp³-hybridized carbons (Fsp3) is 0.111. The molecular formula is C9H9N5O. The number of aromatic nitrogens is 1. The van der Waals surface area contributed by atoms with Crippen LogP contribution in [0, 0.1) is 0 Å². The number of carbonyl (C=O) groups is 1. The first-order valence-electron chi connectivity index (χ1n) is 4.36. The molecule has 1 aliphatic heterocycles. The van der Waals surface area contributed by atoms with Crippen molar-refractivity contribution < 1.29 is 4.79 Å². The van der Waals surface area contributed by atoms with Crippen LogP contribution in [0.4, 0.5) is 0 Å². The van der Waals surface area contributed by atoms with Crippen LogP contribution in [0.3, 0.4) is 0 Å². The summed E-state index contributed by atoms with van der Waals surface area (Å²) in [4.78, 5) is 15.4. The monoisotopic (exact) mass is 203 g/mol. The average Bonchev–Trinajstić information content (AvgIpc) is 2.29. The summed E-state index contributed by atoms with van der Waals surface area (Å²) < 4.78 is 0. The fourth-order valence-corrected chi connectivity index (χ4v) is 1.33. The summed E-state index contributed by atoms with van der Waals surface area (Å²) in [6.07, 6.45) is 3.59. The number of rotatable bonds is 1. The Morgan fingerprint density at radius 3 is 3.20 bits per heavy atom. The van der Waals surface area contributed by atoms with Gasteiger partial charge in [-0.1, -0.05) is 16.4 Å². The number of fused-ring (bicyclic) bond motifs is 1. The Morgan fingerprint density at radius 1 is 1.53 bits per heavy atom. The molecule has 0 unspecified atom stereocenters. The van der Waals surface area contributed by atoms with E-state index in [9.17, 15) is 4.79 Å². The molecule has 1 aliphatic rings. The van der Waals surface area contributed by atoms with Crippen LogP contribution in [0.5, 0.6) is 0 Å². The maximum Gasteiger partial charge on any atom is 0.315 e. The summed E-state index contributed by atoms with van der Waals surface area (Å²) in [6.45, 7) is 0.714. The molecule has 1 amide bonds. The van der Waals surface area contributed by atoms with E-state index in [0.29, 0.717) is 6.54 Å². The van der Waals surface area contributed by atoms with Gasteiger partial charge in [0.05, 0.1) is 5.69 Å². The highest BCUT2D eigenvalue weighted by Crippen LogP contribution is 2.13. The van der Waals surface area contributed by atoms with Crippen LogP contribution in [0.25, 0.3) is 6.08 Å². The molecule has 0 saturated carbocycles. The van der Waals surface area contributed by atoms with Crippen LogP contribution in [0.2, 0.25) is 0 Å². The Morgan fingerprint density at radius 2 is 2.40 bits per heavy atom. The average molecular weight is 203 g/mol. The predicted octanol–water partition coefficient (Wildman–Crippen LogP) is 0.622. The van der Waals surface area contributed by atoms with Gasteiger partial charge in [0.2, 0.25) is 0 Å². The lowest BCUT2D eigenvalue weighted by Crippen LogP contribution is -2.13. The summed E-state index contributed by atoms with van der Waals surface area (Å²) in [5.41, 5.74) is 2.06. The zero-order chi connectivity index (χ0) is 10.7. The van der Waals surface area contributed by atoms with Crippen molar-refractivity contribution in [3.05, 3.63) is 35.3 Å². The van der Waals surface area contributed by atoms with Crippen molar-refractivity contribution in [2.45, 2.75) is 6.54 Å². The first kappa shape index (κ1) is 9.32. The van der Waals surface area contributed by atoms with Gasteiger partial charge < -0.3 is 11.2 Å². The quantitative estimate of drug-likeness (QED) is 0.397. The van der Waals surface area contributed by atoms with Gasteiger partial charge >= 0.3 is 5.91 Å². The number of nitrogens with zero attached hydrogens (tertiary/aromatic N) is 3. The second-order valence-corrected chi connectivity index (χ2v) is 2.98. The number of amides is 1. The molecule has 0 atom stereocenters. The van der Waals surface area contributed by atoms with Gasteiger partial charge in [-0.25, -0.2) is 4.98 Å². The van der Waals surface area contributed by atoms with Gasteiger partial charge in [0, 0.05) is 6.54 Å². The molecule has 2 heterocycles. The van der Waals surface area contributed by atoms with Crippen molar-refractivity contribution in [2.75, 3.05) is 0 Å². The second-order valence-electron chi connectivity index (χ2n) is 2.98. The van der Waals surface area contributed by atoms with Crippen molar-refractivity contribution in [3.8, 4) is 0 Å². The SMILES string of the molecule is NN=NC(=O)c1ccc2c(n1)C=CNC2. The zero-order valence-electron chi connectivity index (χ0n) is 7.84. The Balaban J connectivity index is 2.37. The molecule has 2 rings (SSSR count). The largest absolute Gasteiger partial charge is 0.387 e. The molecule has 0 bridgehead atoms.